The predicted molar refractivity (Wildman–Crippen MR) is 58.1 cm³/mol. The molecule has 80 valence electrons. The molecule has 0 fully saturated rings. The maximum absolute atomic E-state index is 10.8. The van der Waals surface area contributed by atoms with Gasteiger partial charge in [-0.1, -0.05) is 23.2 Å². The molecule has 0 bridgehead atoms. The van der Waals surface area contributed by atoms with Crippen LogP contribution in [0.4, 0.5) is 0 Å². The molecule has 0 aromatic heterocycles. The average Bonchev–Trinajstić information content (AvgIpc) is 2.12. The molecule has 0 amide bonds. The summed E-state index contributed by atoms with van der Waals surface area (Å²) in [4.78, 5) is 21.5. The summed E-state index contributed by atoms with van der Waals surface area (Å²) < 4.78 is 0.160. The van der Waals surface area contributed by atoms with Gasteiger partial charge in [0, 0.05) is 0 Å². The lowest BCUT2D eigenvalue weighted by Crippen LogP contribution is -2.09. The maximum Gasteiger partial charge on any atom is 0.338 e. The van der Waals surface area contributed by atoms with Crippen LogP contribution in [0.3, 0.4) is 0 Å². The summed E-state index contributed by atoms with van der Waals surface area (Å²) in [6.07, 6.45) is 0. The molecular formula is C8H3BrCl2O4. The van der Waals surface area contributed by atoms with Crippen molar-refractivity contribution in [2.45, 2.75) is 0 Å². The highest BCUT2D eigenvalue weighted by molar-refractivity contribution is 9.10. The normalized spacial score (nSPS) is 10.1. The number of hydrogen-bond acceptors (Lipinski definition) is 2. The summed E-state index contributed by atoms with van der Waals surface area (Å²) in [6, 6.07) is 1.03. The molecule has 0 atom stereocenters. The van der Waals surface area contributed by atoms with E-state index in [0.717, 1.165) is 6.07 Å². The molecule has 0 aliphatic carbocycles. The first-order valence-corrected chi connectivity index (χ1v) is 5.05. The van der Waals surface area contributed by atoms with Crippen LogP contribution in [0, 0.1) is 0 Å². The fraction of sp³-hybridized carbons (Fsp3) is 0. The molecular weight excluding hydrogens is 311 g/mol. The average molecular weight is 314 g/mol. The molecule has 0 aliphatic heterocycles. The van der Waals surface area contributed by atoms with Gasteiger partial charge >= 0.3 is 11.9 Å². The lowest BCUT2D eigenvalue weighted by atomic mass is 10.1. The Labute approximate surface area is 103 Å². The standard InChI is InChI=1S/C8H3BrCl2O4/c9-5-3(10)1-2(7(12)13)4(6(5)11)8(14)15/h1H,(H,12,13)(H,14,15). The van der Waals surface area contributed by atoms with Crippen molar-refractivity contribution in [3.8, 4) is 0 Å². The molecule has 1 aromatic carbocycles. The fourth-order valence-electron chi connectivity index (χ4n) is 0.973. The molecule has 0 unspecified atom stereocenters. The molecule has 0 aliphatic rings. The van der Waals surface area contributed by atoms with Crippen molar-refractivity contribution >= 4 is 51.1 Å². The van der Waals surface area contributed by atoms with E-state index in [4.69, 9.17) is 33.4 Å². The number of halogens is 3. The molecule has 1 rings (SSSR count). The van der Waals surface area contributed by atoms with Crippen LogP contribution in [0.1, 0.15) is 20.7 Å². The minimum Gasteiger partial charge on any atom is -0.478 e. The quantitative estimate of drug-likeness (QED) is 0.822. The second-order valence-corrected chi connectivity index (χ2v) is 4.10. The first kappa shape index (κ1) is 12.3. The number of hydrogen-bond donors (Lipinski definition) is 2. The Morgan fingerprint density at radius 2 is 1.73 bits per heavy atom. The van der Waals surface area contributed by atoms with Gasteiger partial charge in [-0.15, -0.1) is 0 Å². The molecule has 15 heavy (non-hydrogen) atoms. The molecule has 0 saturated carbocycles. The van der Waals surface area contributed by atoms with Crippen LogP contribution in [0.5, 0.6) is 0 Å². The molecule has 0 spiro atoms. The summed E-state index contributed by atoms with van der Waals surface area (Å²) in [5, 5.41) is 17.4. The largest absolute Gasteiger partial charge is 0.478 e. The van der Waals surface area contributed by atoms with E-state index in [1.807, 2.05) is 0 Å². The van der Waals surface area contributed by atoms with Crippen LogP contribution in [-0.2, 0) is 0 Å². The zero-order valence-electron chi connectivity index (χ0n) is 6.92. The molecule has 0 heterocycles. The number of carboxylic acid groups (broad SMARTS) is 2. The molecule has 1 aromatic rings. The third kappa shape index (κ3) is 2.25. The monoisotopic (exact) mass is 312 g/mol. The Morgan fingerprint density at radius 3 is 2.13 bits per heavy atom. The Morgan fingerprint density at radius 1 is 1.20 bits per heavy atom. The van der Waals surface area contributed by atoms with Gasteiger partial charge in [-0.05, 0) is 22.0 Å². The van der Waals surface area contributed by atoms with Crippen LogP contribution < -0.4 is 0 Å². The molecule has 7 heteroatoms. The minimum atomic E-state index is -1.42. The maximum atomic E-state index is 10.8. The van der Waals surface area contributed by atoms with Gasteiger partial charge < -0.3 is 10.2 Å². The molecule has 4 nitrogen and oxygen atoms in total. The highest BCUT2D eigenvalue weighted by Crippen LogP contribution is 2.35. The van der Waals surface area contributed by atoms with Gasteiger partial charge in [0.2, 0.25) is 0 Å². The smallest absolute Gasteiger partial charge is 0.338 e. The van der Waals surface area contributed by atoms with E-state index in [1.165, 1.54) is 0 Å². The van der Waals surface area contributed by atoms with E-state index in [-0.39, 0.29) is 14.5 Å². The zero-order chi connectivity index (χ0) is 11.7. The van der Waals surface area contributed by atoms with Crippen molar-refractivity contribution in [3.05, 3.63) is 31.7 Å². The predicted octanol–water partition coefficient (Wildman–Crippen LogP) is 3.15. The van der Waals surface area contributed by atoms with Crippen molar-refractivity contribution in [2.75, 3.05) is 0 Å². The third-order valence-corrected chi connectivity index (χ3v) is 3.56. The Bertz CT molecular complexity index is 458. The van der Waals surface area contributed by atoms with E-state index in [9.17, 15) is 9.59 Å². The van der Waals surface area contributed by atoms with E-state index < -0.39 is 23.1 Å². The highest BCUT2D eigenvalue weighted by atomic mass is 79.9. The van der Waals surface area contributed by atoms with Crippen molar-refractivity contribution in [1.82, 2.24) is 0 Å². The van der Waals surface area contributed by atoms with Crippen LogP contribution in [-0.4, -0.2) is 22.2 Å². The second kappa shape index (κ2) is 4.38. The number of rotatable bonds is 2. The summed E-state index contributed by atoms with van der Waals surface area (Å²) in [7, 11) is 0. The number of aromatic carboxylic acids is 2. The van der Waals surface area contributed by atoms with Gasteiger partial charge in [-0.2, -0.15) is 0 Å². The first-order valence-electron chi connectivity index (χ1n) is 3.50. The fourth-order valence-corrected chi connectivity index (χ4v) is 1.82. The van der Waals surface area contributed by atoms with Gasteiger partial charge in [-0.25, -0.2) is 9.59 Å². The van der Waals surface area contributed by atoms with Gasteiger partial charge in [-0.3, -0.25) is 0 Å². The summed E-state index contributed by atoms with van der Waals surface area (Å²) >= 11 is 14.3. The number of carboxylic acids is 2. The van der Waals surface area contributed by atoms with Crippen molar-refractivity contribution in [3.63, 3.8) is 0 Å². The summed E-state index contributed by atoms with van der Waals surface area (Å²) in [5.74, 6) is -2.82. The Kier molecular flexibility index (Phi) is 3.59. The third-order valence-electron chi connectivity index (χ3n) is 1.61. The summed E-state index contributed by atoms with van der Waals surface area (Å²) in [5.41, 5.74) is -0.929. The Balaban J connectivity index is 3.65. The van der Waals surface area contributed by atoms with Gasteiger partial charge in [0.25, 0.3) is 0 Å². The second-order valence-electron chi connectivity index (χ2n) is 2.52. The lowest BCUT2D eigenvalue weighted by Gasteiger charge is -2.07. The van der Waals surface area contributed by atoms with Gasteiger partial charge in [0.15, 0.2) is 0 Å². The highest BCUT2D eigenvalue weighted by Gasteiger charge is 2.23. The molecule has 2 N–H and O–H groups in total. The number of carbonyl (C=O) groups is 2. The topological polar surface area (TPSA) is 74.6 Å². The van der Waals surface area contributed by atoms with E-state index in [2.05, 4.69) is 15.9 Å². The SMILES string of the molecule is O=C(O)c1cc(Cl)c(Br)c(Cl)c1C(=O)O. The molecule has 0 saturated heterocycles. The Hall–Kier alpha value is -0.780. The first-order chi connectivity index (χ1) is 6.86. The molecule has 0 radical (unpaired) electrons. The van der Waals surface area contributed by atoms with Crippen molar-refractivity contribution in [1.29, 1.82) is 0 Å². The van der Waals surface area contributed by atoms with Gasteiger partial charge in [0.05, 0.1) is 25.6 Å². The van der Waals surface area contributed by atoms with Crippen molar-refractivity contribution in [2.24, 2.45) is 0 Å². The van der Waals surface area contributed by atoms with E-state index in [1.54, 1.807) is 0 Å². The summed E-state index contributed by atoms with van der Waals surface area (Å²) in [6.45, 7) is 0. The van der Waals surface area contributed by atoms with Crippen LogP contribution in [0.2, 0.25) is 10.0 Å². The van der Waals surface area contributed by atoms with E-state index >= 15 is 0 Å². The number of benzene rings is 1. The minimum absolute atomic E-state index is 0.0439. The van der Waals surface area contributed by atoms with Crippen LogP contribution in [0.15, 0.2) is 10.5 Å². The van der Waals surface area contributed by atoms with Crippen LogP contribution in [0.25, 0.3) is 0 Å². The van der Waals surface area contributed by atoms with Crippen LogP contribution >= 0.6 is 39.1 Å². The van der Waals surface area contributed by atoms with Gasteiger partial charge in [0.1, 0.15) is 0 Å². The zero-order valence-corrected chi connectivity index (χ0v) is 10.0. The van der Waals surface area contributed by atoms with E-state index in [0.29, 0.717) is 0 Å². The van der Waals surface area contributed by atoms with Crippen molar-refractivity contribution < 1.29 is 19.8 Å². The lowest BCUT2D eigenvalue weighted by molar-refractivity contribution is 0.0651.